The summed E-state index contributed by atoms with van der Waals surface area (Å²) in [4.78, 5) is 11.7. The Balaban J connectivity index is 1.75. The molecular formula is C17H19NO. The Kier molecular flexibility index (Phi) is 3.02. The van der Waals surface area contributed by atoms with E-state index < -0.39 is 0 Å². The van der Waals surface area contributed by atoms with Gasteiger partial charge in [-0.1, -0.05) is 35.9 Å². The van der Waals surface area contributed by atoms with Gasteiger partial charge in [-0.3, -0.25) is 4.79 Å². The standard InChI is InChI=1S/C17H19NO/c1-14-5-7-15(8-6-14)17(9-10-17)11-13-18-12-3-2-4-16(18)19/h2-8,12H,9-11,13H2,1H3. The molecule has 2 heteroatoms. The van der Waals surface area contributed by atoms with Gasteiger partial charge in [-0.15, -0.1) is 0 Å². The van der Waals surface area contributed by atoms with Crippen LogP contribution in [0.2, 0.25) is 0 Å². The van der Waals surface area contributed by atoms with Crippen LogP contribution in [-0.2, 0) is 12.0 Å². The van der Waals surface area contributed by atoms with E-state index in [1.807, 2.05) is 16.8 Å². The van der Waals surface area contributed by atoms with Crippen LogP contribution in [0.3, 0.4) is 0 Å². The number of rotatable bonds is 4. The predicted octanol–water partition coefficient (Wildman–Crippen LogP) is 3.28. The van der Waals surface area contributed by atoms with Gasteiger partial charge in [-0.05, 0) is 43.2 Å². The summed E-state index contributed by atoms with van der Waals surface area (Å²) in [5, 5.41) is 0. The lowest BCUT2D eigenvalue weighted by Crippen LogP contribution is -2.20. The van der Waals surface area contributed by atoms with Gasteiger partial charge in [0.1, 0.15) is 0 Å². The van der Waals surface area contributed by atoms with Crippen molar-refractivity contribution in [1.29, 1.82) is 0 Å². The highest BCUT2D eigenvalue weighted by Crippen LogP contribution is 2.51. The number of nitrogens with zero attached hydrogens (tertiary/aromatic N) is 1. The lowest BCUT2D eigenvalue weighted by Gasteiger charge is -2.16. The molecule has 3 rings (SSSR count). The Bertz CT molecular complexity index is 620. The summed E-state index contributed by atoms with van der Waals surface area (Å²) in [6, 6.07) is 14.2. The molecule has 0 saturated heterocycles. The van der Waals surface area contributed by atoms with Crippen LogP contribution in [0.1, 0.15) is 30.4 Å². The molecule has 2 nitrogen and oxygen atoms in total. The van der Waals surface area contributed by atoms with E-state index in [0.29, 0.717) is 5.41 Å². The normalized spacial score (nSPS) is 16.3. The van der Waals surface area contributed by atoms with E-state index in [2.05, 4.69) is 31.2 Å². The van der Waals surface area contributed by atoms with Crippen molar-refractivity contribution in [2.24, 2.45) is 0 Å². The molecule has 0 spiro atoms. The van der Waals surface area contributed by atoms with Gasteiger partial charge in [0.15, 0.2) is 0 Å². The minimum atomic E-state index is 0.0993. The van der Waals surface area contributed by atoms with Crippen molar-refractivity contribution in [2.45, 2.75) is 38.1 Å². The summed E-state index contributed by atoms with van der Waals surface area (Å²) in [7, 11) is 0. The summed E-state index contributed by atoms with van der Waals surface area (Å²) in [6.45, 7) is 2.93. The molecule has 98 valence electrons. The molecule has 1 aliphatic rings. The first-order valence-electron chi connectivity index (χ1n) is 6.92. The van der Waals surface area contributed by atoms with Crippen molar-refractivity contribution < 1.29 is 0 Å². The minimum absolute atomic E-state index is 0.0993. The Morgan fingerprint density at radius 1 is 1.11 bits per heavy atom. The molecule has 0 N–H and O–H groups in total. The quantitative estimate of drug-likeness (QED) is 0.819. The van der Waals surface area contributed by atoms with Crippen LogP contribution in [0.15, 0.2) is 53.5 Å². The Morgan fingerprint density at radius 2 is 1.84 bits per heavy atom. The lowest BCUT2D eigenvalue weighted by atomic mass is 9.92. The summed E-state index contributed by atoms with van der Waals surface area (Å²) in [6.07, 6.45) is 5.43. The molecular weight excluding hydrogens is 234 g/mol. The zero-order valence-electron chi connectivity index (χ0n) is 11.3. The number of pyridine rings is 1. The van der Waals surface area contributed by atoms with E-state index in [1.54, 1.807) is 12.1 Å². The molecule has 1 fully saturated rings. The molecule has 0 amide bonds. The molecule has 0 aliphatic heterocycles. The maximum Gasteiger partial charge on any atom is 0.250 e. The molecule has 19 heavy (non-hydrogen) atoms. The van der Waals surface area contributed by atoms with Gasteiger partial charge in [-0.25, -0.2) is 0 Å². The molecule has 1 saturated carbocycles. The molecule has 0 atom stereocenters. The average Bonchev–Trinajstić information content (AvgIpc) is 3.20. The lowest BCUT2D eigenvalue weighted by molar-refractivity contribution is 0.527. The van der Waals surface area contributed by atoms with Crippen LogP contribution >= 0.6 is 0 Å². The predicted molar refractivity (Wildman–Crippen MR) is 77.4 cm³/mol. The first kappa shape index (κ1) is 12.2. The molecule has 1 aromatic heterocycles. The Morgan fingerprint density at radius 3 is 2.47 bits per heavy atom. The third-order valence-electron chi connectivity index (χ3n) is 4.25. The van der Waals surface area contributed by atoms with E-state index in [4.69, 9.17) is 0 Å². The van der Waals surface area contributed by atoms with Crippen LogP contribution in [-0.4, -0.2) is 4.57 Å². The maximum atomic E-state index is 11.7. The van der Waals surface area contributed by atoms with Crippen molar-refractivity contribution in [3.05, 3.63) is 70.1 Å². The second kappa shape index (κ2) is 4.69. The third kappa shape index (κ3) is 2.48. The number of hydrogen-bond acceptors (Lipinski definition) is 1. The van der Waals surface area contributed by atoms with E-state index in [0.717, 1.165) is 13.0 Å². The Hall–Kier alpha value is -1.83. The van der Waals surface area contributed by atoms with Crippen molar-refractivity contribution in [3.8, 4) is 0 Å². The largest absolute Gasteiger partial charge is 0.316 e. The molecule has 1 heterocycles. The molecule has 1 aromatic carbocycles. The minimum Gasteiger partial charge on any atom is -0.316 e. The third-order valence-corrected chi connectivity index (χ3v) is 4.25. The summed E-state index contributed by atoms with van der Waals surface area (Å²) >= 11 is 0. The van der Waals surface area contributed by atoms with Gasteiger partial charge in [0.25, 0.3) is 0 Å². The monoisotopic (exact) mass is 253 g/mol. The van der Waals surface area contributed by atoms with Crippen molar-refractivity contribution in [1.82, 2.24) is 4.57 Å². The van der Waals surface area contributed by atoms with Crippen molar-refractivity contribution in [3.63, 3.8) is 0 Å². The first-order chi connectivity index (χ1) is 9.20. The summed E-state index contributed by atoms with van der Waals surface area (Å²) < 4.78 is 1.81. The Labute approximate surface area is 113 Å². The van der Waals surface area contributed by atoms with Gasteiger partial charge >= 0.3 is 0 Å². The van der Waals surface area contributed by atoms with Crippen LogP contribution in [0.25, 0.3) is 0 Å². The van der Waals surface area contributed by atoms with Crippen LogP contribution < -0.4 is 5.56 Å². The highest BCUT2D eigenvalue weighted by Gasteiger charge is 2.43. The molecule has 0 bridgehead atoms. The van der Waals surface area contributed by atoms with Crippen molar-refractivity contribution >= 4 is 0 Å². The smallest absolute Gasteiger partial charge is 0.250 e. The second-order valence-electron chi connectivity index (χ2n) is 5.63. The van der Waals surface area contributed by atoms with Crippen LogP contribution in [0.4, 0.5) is 0 Å². The second-order valence-corrected chi connectivity index (χ2v) is 5.63. The number of hydrogen-bond donors (Lipinski definition) is 0. The SMILES string of the molecule is Cc1ccc(C2(CCn3ccccc3=O)CC2)cc1. The first-order valence-corrected chi connectivity index (χ1v) is 6.92. The van der Waals surface area contributed by atoms with Gasteiger partial charge in [0.05, 0.1) is 0 Å². The topological polar surface area (TPSA) is 22.0 Å². The molecule has 0 unspecified atom stereocenters. The van der Waals surface area contributed by atoms with Gasteiger partial charge in [0.2, 0.25) is 5.56 Å². The van der Waals surface area contributed by atoms with Gasteiger partial charge < -0.3 is 4.57 Å². The molecule has 2 aromatic rings. The van der Waals surface area contributed by atoms with E-state index in [9.17, 15) is 4.79 Å². The van der Waals surface area contributed by atoms with E-state index in [1.165, 1.54) is 24.0 Å². The number of aromatic nitrogens is 1. The number of benzene rings is 1. The van der Waals surface area contributed by atoms with E-state index >= 15 is 0 Å². The number of aryl methyl sites for hydroxylation is 2. The van der Waals surface area contributed by atoms with Gasteiger partial charge in [-0.2, -0.15) is 0 Å². The van der Waals surface area contributed by atoms with E-state index in [-0.39, 0.29) is 5.56 Å². The van der Waals surface area contributed by atoms with Gasteiger partial charge in [0, 0.05) is 18.8 Å². The summed E-state index contributed by atoms with van der Waals surface area (Å²) in [5.74, 6) is 0. The van der Waals surface area contributed by atoms with Crippen LogP contribution in [0.5, 0.6) is 0 Å². The zero-order valence-corrected chi connectivity index (χ0v) is 11.3. The maximum absolute atomic E-state index is 11.7. The summed E-state index contributed by atoms with van der Waals surface area (Å²) in [5.41, 5.74) is 3.16. The fraction of sp³-hybridized carbons (Fsp3) is 0.353. The average molecular weight is 253 g/mol. The fourth-order valence-corrected chi connectivity index (χ4v) is 2.72. The molecule has 1 aliphatic carbocycles. The fourth-order valence-electron chi connectivity index (χ4n) is 2.72. The van der Waals surface area contributed by atoms with Crippen LogP contribution in [0, 0.1) is 6.92 Å². The van der Waals surface area contributed by atoms with Crippen molar-refractivity contribution in [2.75, 3.05) is 0 Å². The highest BCUT2D eigenvalue weighted by molar-refractivity contribution is 5.33. The zero-order chi connectivity index (χ0) is 13.3. The molecule has 0 radical (unpaired) electrons. The highest BCUT2D eigenvalue weighted by atomic mass is 16.1.